The van der Waals surface area contributed by atoms with E-state index in [0.29, 0.717) is 0 Å². The molecule has 0 amide bonds. The first kappa shape index (κ1) is 13.9. The first-order chi connectivity index (χ1) is 10.2. The van der Waals surface area contributed by atoms with E-state index in [-0.39, 0.29) is 0 Å². The number of aryl methyl sites for hydroxylation is 2. The van der Waals surface area contributed by atoms with E-state index in [4.69, 9.17) is 5.73 Å². The molecule has 0 unspecified atom stereocenters. The van der Waals surface area contributed by atoms with Gasteiger partial charge < -0.3 is 15.6 Å². The maximum absolute atomic E-state index is 6.09. The van der Waals surface area contributed by atoms with Gasteiger partial charge in [0.25, 0.3) is 0 Å². The minimum Gasteiger partial charge on any atom is -0.397 e. The number of nitrogens with one attached hydrogen (secondary N) is 1. The zero-order valence-electron chi connectivity index (χ0n) is 12.0. The predicted octanol–water partition coefficient (Wildman–Crippen LogP) is 3.28. The van der Waals surface area contributed by atoms with Crippen molar-refractivity contribution in [3.05, 3.63) is 35.9 Å². The Morgan fingerprint density at radius 2 is 2.24 bits per heavy atom. The lowest BCUT2D eigenvalue weighted by molar-refractivity contribution is 0.621. The van der Waals surface area contributed by atoms with Gasteiger partial charge in [-0.25, -0.2) is 9.97 Å². The standard InChI is InChI=1S/C15H19N5S/c1-11-19-14-9-13(12(16)8-15(14)21-11)18-4-2-3-6-20-7-5-17-10-20/h5,7-10,18H,2-4,6,16H2,1H3. The summed E-state index contributed by atoms with van der Waals surface area (Å²) in [6.45, 7) is 3.93. The monoisotopic (exact) mass is 301 g/mol. The van der Waals surface area contributed by atoms with E-state index in [1.807, 2.05) is 37.8 Å². The molecule has 0 radical (unpaired) electrons. The van der Waals surface area contributed by atoms with Gasteiger partial charge in [0.1, 0.15) is 0 Å². The van der Waals surface area contributed by atoms with Gasteiger partial charge in [0.05, 0.1) is 32.9 Å². The molecule has 3 N–H and O–H groups in total. The number of nitrogen functional groups attached to an aromatic ring is 1. The van der Waals surface area contributed by atoms with Crippen molar-refractivity contribution >= 4 is 32.9 Å². The first-order valence-electron chi connectivity index (χ1n) is 7.08. The van der Waals surface area contributed by atoms with Crippen LogP contribution >= 0.6 is 11.3 Å². The highest BCUT2D eigenvalue weighted by atomic mass is 32.1. The van der Waals surface area contributed by atoms with Crippen molar-refractivity contribution in [2.24, 2.45) is 0 Å². The van der Waals surface area contributed by atoms with Gasteiger partial charge in [0.15, 0.2) is 0 Å². The zero-order valence-corrected chi connectivity index (χ0v) is 12.9. The fraction of sp³-hybridized carbons (Fsp3) is 0.333. The Kier molecular flexibility index (Phi) is 4.06. The lowest BCUT2D eigenvalue weighted by Crippen LogP contribution is -2.05. The van der Waals surface area contributed by atoms with Gasteiger partial charge in [0, 0.05) is 25.5 Å². The summed E-state index contributed by atoms with van der Waals surface area (Å²) < 4.78 is 3.24. The fourth-order valence-corrected chi connectivity index (χ4v) is 3.18. The van der Waals surface area contributed by atoms with Crippen molar-refractivity contribution < 1.29 is 0 Å². The molecule has 1 aromatic carbocycles. The second-order valence-electron chi connectivity index (χ2n) is 5.07. The van der Waals surface area contributed by atoms with Crippen LogP contribution in [-0.2, 0) is 6.54 Å². The lowest BCUT2D eigenvalue weighted by Gasteiger charge is -2.09. The van der Waals surface area contributed by atoms with Gasteiger partial charge in [-0.05, 0) is 31.9 Å². The Morgan fingerprint density at radius 1 is 1.33 bits per heavy atom. The summed E-state index contributed by atoms with van der Waals surface area (Å²) in [6, 6.07) is 4.05. The SMILES string of the molecule is Cc1nc2cc(NCCCCn3ccnc3)c(N)cc2s1. The number of nitrogens with zero attached hydrogens (tertiary/aromatic N) is 3. The Labute approximate surface area is 127 Å². The van der Waals surface area contributed by atoms with E-state index in [2.05, 4.69) is 19.9 Å². The summed E-state index contributed by atoms with van der Waals surface area (Å²) >= 11 is 1.68. The van der Waals surface area contributed by atoms with E-state index < -0.39 is 0 Å². The topological polar surface area (TPSA) is 68.8 Å². The van der Waals surface area contributed by atoms with Crippen molar-refractivity contribution in [2.75, 3.05) is 17.6 Å². The Bertz CT molecular complexity index is 717. The maximum atomic E-state index is 6.09. The minimum atomic E-state index is 0.792. The van der Waals surface area contributed by atoms with Crippen LogP contribution in [0.2, 0.25) is 0 Å². The molecule has 0 bridgehead atoms. The van der Waals surface area contributed by atoms with E-state index in [9.17, 15) is 0 Å². The molecular weight excluding hydrogens is 282 g/mol. The van der Waals surface area contributed by atoms with Gasteiger partial charge in [-0.15, -0.1) is 11.3 Å². The quantitative estimate of drug-likeness (QED) is 0.541. The molecular formula is C15H19N5S. The average Bonchev–Trinajstić information content (AvgIpc) is 3.07. The smallest absolute Gasteiger partial charge is 0.0945 e. The molecule has 0 spiro atoms. The highest BCUT2D eigenvalue weighted by Gasteiger charge is 2.05. The van der Waals surface area contributed by atoms with Gasteiger partial charge in [-0.1, -0.05) is 0 Å². The van der Waals surface area contributed by atoms with Crippen LogP contribution in [-0.4, -0.2) is 21.1 Å². The number of thiazole rings is 1. The summed E-state index contributed by atoms with van der Waals surface area (Å²) in [7, 11) is 0. The molecule has 0 saturated carbocycles. The molecule has 0 saturated heterocycles. The van der Waals surface area contributed by atoms with Crippen LogP contribution in [0.1, 0.15) is 17.8 Å². The molecule has 6 heteroatoms. The first-order valence-corrected chi connectivity index (χ1v) is 7.90. The third-order valence-corrected chi connectivity index (χ3v) is 4.32. The number of fused-ring (bicyclic) bond motifs is 1. The van der Waals surface area contributed by atoms with E-state index in [1.54, 1.807) is 11.3 Å². The highest BCUT2D eigenvalue weighted by Crippen LogP contribution is 2.29. The van der Waals surface area contributed by atoms with Gasteiger partial charge in [-0.2, -0.15) is 0 Å². The number of anilines is 2. The molecule has 0 aliphatic carbocycles. The van der Waals surface area contributed by atoms with Crippen LogP contribution < -0.4 is 11.1 Å². The number of hydrogen-bond acceptors (Lipinski definition) is 5. The van der Waals surface area contributed by atoms with Gasteiger partial charge in [0.2, 0.25) is 0 Å². The molecule has 0 fully saturated rings. The molecule has 0 aliphatic rings. The Hall–Kier alpha value is -2.08. The van der Waals surface area contributed by atoms with Crippen LogP contribution in [0.3, 0.4) is 0 Å². The van der Waals surface area contributed by atoms with E-state index >= 15 is 0 Å². The molecule has 3 rings (SSSR count). The van der Waals surface area contributed by atoms with Crippen LogP contribution in [0.15, 0.2) is 30.9 Å². The number of unbranched alkanes of at least 4 members (excludes halogenated alkanes) is 1. The number of aromatic nitrogens is 3. The normalized spacial score (nSPS) is 11.1. The molecule has 0 atom stereocenters. The third-order valence-electron chi connectivity index (χ3n) is 3.38. The summed E-state index contributed by atoms with van der Waals surface area (Å²) in [6.07, 6.45) is 7.85. The zero-order chi connectivity index (χ0) is 14.7. The number of nitrogens with two attached hydrogens (primary N) is 1. The maximum Gasteiger partial charge on any atom is 0.0945 e. The summed E-state index contributed by atoms with van der Waals surface area (Å²) in [5.41, 5.74) is 8.89. The van der Waals surface area contributed by atoms with Crippen molar-refractivity contribution in [3.8, 4) is 0 Å². The molecule has 3 aromatic rings. The Balaban J connectivity index is 1.53. The van der Waals surface area contributed by atoms with Crippen molar-refractivity contribution in [1.82, 2.24) is 14.5 Å². The van der Waals surface area contributed by atoms with Crippen molar-refractivity contribution in [1.29, 1.82) is 0 Å². The van der Waals surface area contributed by atoms with Crippen LogP contribution in [0, 0.1) is 6.92 Å². The third kappa shape index (κ3) is 3.33. The van der Waals surface area contributed by atoms with Gasteiger partial charge in [-0.3, -0.25) is 0 Å². The second-order valence-corrected chi connectivity index (χ2v) is 6.31. The van der Waals surface area contributed by atoms with E-state index in [0.717, 1.165) is 52.5 Å². The molecule has 0 aliphatic heterocycles. The van der Waals surface area contributed by atoms with E-state index in [1.165, 1.54) is 0 Å². The molecule has 2 heterocycles. The van der Waals surface area contributed by atoms with Crippen LogP contribution in [0.5, 0.6) is 0 Å². The van der Waals surface area contributed by atoms with Crippen LogP contribution in [0.4, 0.5) is 11.4 Å². The summed E-state index contributed by atoms with van der Waals surface area (Å²) in [4.78, 5) is 8.54. The number of hydrogen-bond donors (Lipinski definition) is 2. The largest absolute Gasteiger partial charge is 0.397 e. The van der Waals surface area contributed by atoms with Crippen LogP contribution in [0.25, 0.3) is 10.2 Å². The molecule has 110 valence electrons. The minimum absolute atomic E-state index is 0.792. The summed E-state index contributed by atoms with van der Waals surface area (Å²) in [5.74, 6) is 0. The Morgan fingerprint density at radius 3 is 3.05 bits per heavy atom. The van der Waals surface area contributed by atoms with Crippen molar-refractivity contribution in [2.45, 2.75) is 26.3 Å². The predicted molar refractivity (Wildman–Crippen MR) is 88.7 cm³/mol. The molecule has 2 aromatic heterocycles. The highest BCUT2D eigenvalue weighted by molar-refractivity contribution is 7.18. The van der Waals surface area contributed by atoms with Crippen molar-refractivity contribution in [3.63, 3.8) is 0 Å². The molecule has 5 nitrogen and oxygen atoms in total. The number of rotatable bonds is 6. The summed E-state index contributed by atoms with van der Waals surface area (Å²) in [5, 5.41) is 4.48. The lowest BCUT2D eigenvalue weighted by atomic mass is 10.2. The fourth-order valence-electron chi connectivity index (χ4n) is 2.32. The second kappa shape index (κ2) is 6.13. The average molecular weight is 301 g/mol. The number of benzene rings is 1. The van der Waals surface area contributed by atoms with Gasteiger partial charge >= 0.3 is 0 Å². The number of imidazole rings is 1. The molecule has 21 heavy (non-hydrogen) atoms.